The van der Waals surface area contributed by atoms with E-state index in [4.69, 9.17) is 0 Å². The third-order valence-corrected chi connectivity index (χ3v) is 3.05. The SMILES string of the molecule is Oc1ccc2ccc(O)c(I)c2c1. The van der Waals surface area contributed by atoms with Crippen molar-refractivity contribution in [2.45, 2.75) is 0 Å². The average Bonchev–Trinajstić information content (AvgIpc) is 2.12. The Morgan fingerprint density at radius 1 is 1.00 bits per heavy atom. The molecule has 2 aromatic carbocycles. The van der Waals surface area contributed by atoms with Crippen LogP contribution in [0.4, 0.5) is 0 Å². The largest absolute Gasteiger partial charge is 0.508 e. The highest BCUT2D eigenvalue weighted by Crippen LogP contribution is 2.30. The van der Waals surface area contributed by atoms with Gasteiger partial charge in [-0.25, -0.2) is 0 Å². The minimum Gasteiger partial charge on any atom is -0.508 e. The smallest absolute Gasteiger partial charge is 0.129 e. The number of halogens is 1. The maximum absolute atomic E-state index is 9.42. The summed E-state index contributed by atoms with van der Waals surface area (Å²) in [7, 11) is 0. The second-order valence-electron chi connectivity index (χ2n) is 2.80. The molecule has 0 aliphatic carbocycles. The highest BCUT2D eigenvalue weighted by molar-refractivity contribution is 14.1. The fourth-order valence-electron chi connectivity index (χ4n) is 1.26. The van der Waals surface area contributed by atoms with Gasteiger partial charge in [-0.1, -0.05) is 12.1 Å². The normalized spacial score (nSPS) is 10.5. The van der Waals surface area contributed by atoms with Crippen LogP contribution in [0.15, 0.2) is 30.3 Å². The lowest BCUT2D eigenvalue weighted by Gasteiger charge is -2.03. The lowest BCUT2D eigenvalue weighted by Crippen LogP contribution is -1.78. The number of aromatic hydroxyl groups is 2. The van der Waals surface area contributed by atoms with E-state index in [1.807, 2.05) is 12.1 Å². The van der Waals surface area contributed by atoms with Gasteiger partial charge < -0.3 is 10.2 Å². The number of hydrogen-bond acceptors (Lipinski definition) is 2. The molecule has 0 atom stereocenters. The highest BCUT2D eigenvalue weighted by Gasteiger charge is 2.03. The summed E-state index contributed by atoms with van der Waals surface area (Å²) in [5.74, 6) is 0.467. The molecule has 0 bridgehead atoms. The van der Waals surface area contributed by atoms with E-state index in [9.17, 15) is 10.2 Å². The maximum Gasteiger partial charge on any atom is 0.129 e. The van der Waals surface area contributed by atoms with Gasteiger partial charge >= 0.3 is 0 Å². The van der Waals surface area contributed by atoms with Crippen LogP contribution in [0.1, 0.15) is 0 Å². The quantitative estimate of drug-likeness (QED) is 0.731. The first-order chi connectivity index (χ1) is 6.18. The van der Waals surface area contributed by atoms with Crippen LogP contribution in [0, 0.1) is 3.57 Å². The first-order valence-corrected chi connectivity index (χ1v) is 4.86. The van der Waals surface area contributed by atoms with Gasteiger partial charge in [0.15, 0.2) is 0 Å². The Morgan fingerprint density at radius 2 is 1.69 bits per heavy atom. The first kappa shape index (κ1) is 8.62. The Bertz CT molecular complexity index is 460. The summed E-state index contributed by atoms with van der Waals surface area (Å²) in [5.41, 5.74) is 0. The Kier molecular flexibility index (Phi) is 2.03. The number of phenols is 2. The van der Waals surface area contributed by atoms with Crippen molar-refractivity contribution in [3.05, 3.63) is 33.9 Å². The molecule has 2 aromatic rings. The summed E-state index contributed by atoms with van der Waals surface area (Å²) in [6.07, 6.45) is 0. The van der Waals surface area contributed by atoms with Crippen molar-refractivity contribution in [3.63, 3.8) is 0 Å². The van der Waals surface area contributed by atoms with Crippen LogP contribution in [-0.2, 0) is 0 Å². The Morgan fingerprint density at radius 3 is 2.46 bits per heavy atom. The van der Waals surface area contributed by atoms with E-state index >= 15 is 0 Å². The standard InChI is InChI=1S/C10H7IO2/c11-10-8-5-7(12)3-1-6(8)2-4-9(10)13/h1-5,12-13H. The maximum atomic E-state index is 9.42. The van der Waals surface area contributed by atoms with Gasteiger partial charge in [-0.3, -0.25) is 0 Å². The zero-order valence-corrected chi connectivity index (χ0v) is 8.82. The third kappa shape index (κ3) is 1.44. The van der Waals surface area contributed by atoms with E-state index in [0.29, 0.717) is 0 Å². The summed E-state index contributed by atoms with van der Waals surface area (Å²) in [6.45, 7) is 0. The van der Waals surface area contributed by atoms with Crippen molar-refractivity contribution >= 4 is 33.4 Å². The van der Waals surface area contributed by atoms with Gasteiger partial charge in [0.1, 0.15) is 11.5 Å². The second kappa shape index (κ2) is 3.06. The van der Waals surface area contributed by atoms with E-state index in [0.717, 1.165) is 14.3 Å². The minimum atomic E-state index is 0.219. The molecular formula is C10H7IO2. The second-order valence-corrected chi connectivity index (χ2v) is 3.88. The average molecular weight is 286 g/mol. The van der Waals surface area contributed by atoms with Crippen LogP contribution in [0.2, 0.25) is 0 Å². The van der Waals surface area contributed by atoms with Gasteiger partial charge in [0.25, 0.3) is 0 Å². The van der Waals surface area contributed by atoms with E-state index in [1.54, 1.807) is 18.2 Å². The summed E-state index contributed by atoms with van der Waals surface area (Å²) >= 11 is 2.06. The predicted octanol–water partition coefficient (Wildman–Crippen LogP) is 2.86. The monoisotopic (exact) mass is 286 g/mol. The molecule has 3 heteroatoms. The molecular weight excluding hydrogens is 279 g/mol. The molecule has 2 nitrogen and oxygen atoms in total. The molecule has 13 heavy (non-hydrogen) atoms. The number of hydrogen-bond donors (Lipinski definition) is 2. The summed E-state index contributed by atoms with van der Waals surface area (Å²) < 4.78 is 0.769. The third-order valence-electron chi connectivity index (χ3n) is 1.92. The van der Waals surface area contributed by atoms with Gasteiger partial charge in [0.05, 0.1) is 3.57 Å². The van der Waals surface area contributed by atoms with Crippen LogP contribution in [-0.4, -0.2) is 10.2 Å². The lowest BCUT2D eigenvalue weighted by molar-refractivity contribution is 0.472. The van der Waals surface area contributed by atoms with Crippen molar-refractivity contribution < 1.29 is 10.2 Å². The molecule has 2 rings (SSSR count). The minimum absolute atomic E-state index is 0.219. The molecule has 0 aliphatic rings. The van der Waals surface area contributed by atoms with E-state index < -0.39 is 0 Å². The molecule has 0 spiro atoms. The number of rotatable bonds is 0. The zero-order chi connectivity index (χ0) is 9.42. The molecule has 0 radical (unpaired) electrons. The lowest BCUT2D eigenvalue weighted by atomic mass is 10.1. The molecule has 0 amide bonds. The zero-order valence-electron chi connectivity index (χ0n) is 6.66. The molecule has 0 saturated carbocycles. The molecule has 0 aliphatic heterocycles. The van der Waals surface area contributed by atoms with Crippen molar-refractivity contribution in [3.8, 4) is 11.5 Å². The van der Waals surface area contributed by atoms with Crippen molar-refractivity contribution in [1.82, 2.24) is 0 Å². The fourth-order valence-corrected chi connectivity index (χ4v) is 1.91. The summed E-state index contributed by atoms with van der Waals surface area (Å²) in [5, 5.41) is 20.6. The molecule has 0 saturated heterocycles. The summed E-state index contributed by atoms with van der Waals surface area (Å²) in [4.78, 5) is 0. The Hall–Kier alpha value is -0.970. The van der Waals surface area contributed by atoms with E-state index in [-0.39, 0.29) is 11.5 Å². The van der Waals surface area contributed by atoms with Crippen molar-refractivity contribution in [1.29, 1.82) is 0 Å². The molecule has 2 N–H and O–H groups in total. The topological polar surface area (TPSA) is 40.5 Å². The van der Waals surface area contributed by atoms with E-state index in [2.05, 4.69) is 22.6 Å². The number of benzene rings is 2. The number of phenolic OH excluding ortho intramolecular Hbond substituents is 2. The highest BCUT2D eigenvalue weighted by atomic mass is 127. The van der Waals surface area contributed by atoms with Gasteiger partial charge in [0, 0.05) is 5.39 Å². The van der Waals surface area contributed by atoms with Crippen molar-refractivity contribution in [2.75, 3.05) is 0 Å². The molecule has 0 heterocycles. The van der Waals surface area contributed by atoms with Crippen LogP contribution >= 0.6 is 22.6 Å². The fraction of sp³-hybridized carbons (Fsp3) is 0. The molecule has 0 fully saturated rings. The Labute approximate surface area is 89.0 Å². The first-order valence-electron chi connectivity index (χ1n) is 3.78. The van der Waals surface area contributed by atoms with Gasteiger partial charge in [0.2, 0.25) is 0 Å². The molecule has 0 unspecified atom stereocenters. The summed E-state index contributed by atoms with van der Waals surface area (Å²) in [6, 6.07) is 8.59. The van der Waals surface area contributed by atoms with Crippen LogP contribution in [0.5, 0.6) is 11.5 Å². The van der Waals surface area contributed by atoms with Crippen LogP contribution in [0.25, 0.3) is 10.8 Å². The van der Waals surface area contributed by atoms with Crippen LogP contribution in [0.3, 0.4) is 0 Å². The Balaban J connectivity index is 2.89. The molecule has 0 aromatic heterocycles. The van der Waals surface area contributed by atoms with Gasteiger partial charge in [-0.2, -0.15) is 0 Å². The van der Waals surface area contributed by atoms with Gasteiger partial charge in [-0.15, -0.1) is 0 Å². The van der Waals surface area contributed by atoms with E-state index in [1.165, 1.54) is 0 Å². The number of fused-ring (bicyclic) bond motifs is 1. The van der Waals surface area contributed by atoms with Gasteiger partial charge in [-0.05, 0) is 46.2 Å². The molecule has 66 valence electrons. The van der Waals surface area contributed by atoms with Crippen molar-refractivity contribution in [2.24, 2.45) is 0 Å². The predicted molar refractivity (Wildman–Crippen MR) is 60.0 cm³/mol. The van der Waals surface area contributed by atoms with Crippen LogP contribution < -0.4 is 0 Å².